The maximum atomic E-state index is 12.9. The highest BCUT2D eigenvalue weighted by atomic mass is 32.2. The first-order valence-electron chi connectivity index (χ1n) is 8.66. The van der Waals surface area contributed by atoms with Crippen molar-refractivity contribution in [3.05, 3.63) is 87.6 Å². The minimum atomic E-state index is -0.229. The standard InChI is InChI=1S/C20H17FN4S3/c21-16-8-6-15(7-9-16)11-22-19-24-25-20(28-19)27-13-17-12-26-18(23-17)10-14-4-2-1-3-5-14/h1-9,12H,10-11,13H2,(H,22,24). The van der Waals surface area contributed by atoms with E-state index in [4.69, 9.17) is 4.98 Å². The lowest BCUT2D eigenvalue weighted by molar-refractivity contribution is 0.627. The molecule has 2 aromatic carbocycles. The van der Waals surface area contributed by atoms with Gasteiger partial charge in [-0.25, -0.2) is 9.37 Å². The zero-order valence-electron chi connectivity index (χ0n) is 14.8. The molecule has 0 amide bonds. The molecule has 142 valence electrons. The first-order valence-corrected chi connectivity index (χ1v) is 11.3. The van der Waals surface area contributed by atoms with Crippen molar-refractivity contribution >= 4 is 39.6 Å². The number of nitrogens with zero attached hydrogens (tertiary/aromatic N) is 3. The van der Waals surface area contributed by atoms with E-state index in [9.17, 15) is 4.39 Å². The van der Waals surface area contributed by atoms with Crippen LogP contribution < -0.4 is 5.32 Å². The summed E-state index contributed by atoms with van der Waals surface area (Å²) in [4.78, 5) is 4.72. The summed E-state index contributed by atoms with van der Waals surface area (Å²) < 4.78 is 13.8. The predicted octanol–water partition coefficient (Wildman–Crippen LogP) is 5.63. The minimum Gasteiger partial charge on any atom is -0.356 e. The molecule has 28 heavy (non-hydrogen) atoms. The van der Waals surface area contributed by atoms with Crippen LogP contribution in [0.25, 0.3) is 0 Å². The molecule has 4 nitrogen and oxygen atoms in total. The van der Waals surface area contributed by atoms with Crippen LogP contribution in [0.5, 0.6) is 0 Å². The third-order valence-electron chi connectivity index (χ3n) is 3.90. The van der Waals surface area contributed by atoms with E-state index in [1.54, 1.807) is 35.2 Å². The zero-order chi connectivity index (χ0) is 19.2. The molecule has 0 saturated carbocycles. The molecule has 0 fully saturated rings. The molecule has 2 heterocycles. The number of nitrogens with one attached hydrogen (secondary N) is 1. The molecule has 0 spiro atoms. The third kappa shape index (κ3) is 5.37. The van der Waals surface area contributed by atoms with Crippen LogP contribution in [-0.4, -0.2) is 15.2 Å². The molecule has 0 atom stereocenters. The lowest BCUT2D eigenvalue weighted by Gasteiger charge is -2.01. The van der Waals surface area contributed by atoms with Gasteiger partial charge in [0.2, 0.25) is 5.13 Å². The van der Waals surface area contributed by atoms with Crippen LogP contribution in [0.1, 0.15) is 21.8 Å². The van der Waals surface area contributed by atoms with E-state index in [1.807, 2.05) is 6.07 Å². The normalized spacial score (nSPS) is 10.9. The quantitative estimate of drug-likeness (QED) is 0.369. The smallest absolute Gasteiger partial charge is 0.206 e. The van der Waals surface area contributed by atoms with Gasteiger partial charge in [0.25, 0.3) is 0 Å². The van der Waals surface area contributed by atoms with Gasteiger partial charge < -0.3 is 5.32 Å². The Hall–Kier alpha value is -2.29. The molecular formula is C20H17FN4S3. The number of rotatable bonds is 8. The number of hydrogen-bond donors (Lipinski definition) is 1. The van der Waals surface area contributed by atoms with Crippen LogP contribution in [0.15, 0.2) is 64.3 Å². The van der Waals surface area contributed by atoms with E-state index in [1.165, 1.54) is 29.0 Å². The Balaban J connectivity index is 1.27. The summed E-state index contributed by atoms with van der Waals surface area (Å²) in [5.74, 6) is 0.546. The van der Waals surface area contributed by atoms with Gasteiger partial charge in [0.05, 0.1) is 10.7 Å². The lowest BCUT2D eigenvalue weighted by atomic mass is 10.2. The first-order chi connectivity index (χ1) is 13.7. The van der Waals surface area contributed by atoms with E-state index in [0.717, 1.165) is 37.9 Å². The highest BCUT2D eigenvalue weighted by Gasteiger charge is 2.08. The number of aromatic nitrogens is 3. The molecule has 8 heteroatoms. The second-order valence-electron chi connectivity index (χ2n) is 6.04. The summed E-state index contributed by atoms with van der Waals surface area (Å²) in [6.07, 6.45) is 0.867. The number of hydrogen-bond acceptors (Lipinski definition) is 7. The van der Waals surface area contributed by atoms with Crippen molar-refractivity contribution in [3.8, 4) is 0 Å². The Labute approximate surface area is 174 Å². The molecule has 0 radical (unpaired) electrons. The van der Waals surface area contributed by atoms with E-state index in [2.05, 4.69) is 45.2 Å². The molecule has 4 rings (SSSR count). The van der Waals surface area contributed by atoms with E-state index in [-0.39, 0.29) is 5.82 Å². The van der Waals surface area contributed by atoms with Crippen molar-refractivity contribution in [1.82, 2.24) is 15.2 Å². The van der Waals surface area contributed by atoms with Gasteiger partial charge in [-0.05, 0) is 23.3 Å². The van der Waals surface area contributed by atoms with Gasteiger partial charge in [0, 0.05) is 24.1 Å². The number of anilines is 1. The monoisotopic (exact) mass is 428 g/mol. The van der Waals surface area contributed by atoms with E-state index >= 15 is 0 Å². The molecule has 0 aliphatic heterocycles. The number of thioether (sulfide) groups is 1. The summed E-state index contributed by atoms with van der Waals surface area (Å²) >= 11 is 4.85. The lowest BCUT2D eigenvalue weighted by Crippen LogP contribution is -1.98. The fraction of sp³-hybridized carbons (Fsp3) is 0.150. The van der Waals surface area contributed by atoms with Crippen molar-refractivity contribution < 1.29 is 4.39 Å². The Morgan fingerprint density at radius 2 is 1.79 bits per heavy atom. The van der Waals surface area contributed by atoms with Crippen molar-refractivity contribution in [3.63, 3.8) is 0 Å². The third-order valence-corrected chi connectivity index (χ3v) is 6.85. The second-order valence-corrected chi connectivity index (χ2v) is 9.18. The van der Waals surface area contributed by atoms with Gasteiger partial charge >= 0.3 is 0 Å². The average molecular weight is 429 g/mol. The molecule has 0 saturated heterocycles. The van der Waals surface area contributed by atoms with Crippen LogP contribution in [-0.2, 0) is 18.7 Å². The fourth-order valence-electron chi connectivity index (χ4n) is 2.52. The number of benzene rings is 2. The van der Waals surface area contributed by atoms with Crippen molar-refractivity contribution in [2.75, 3.05) is 5.32 Å². The Kier molecular flexibility index (Phi) is 6.31. The largest absolute Gasteiger partial charge is 0.356 e. The van der Waals surface area contributed by atoms with Crippen LogP contribution in [0.4, 0.5) is 9.52 Å². The van der Waals surface area contributed by atoms with Gasteiger partial charge in [-0.1, -0.05) is 65.6 Å². The average Bonchev–Trinajstić information content (AvgIpc) is 3.36. The topological polar surface area (TPSA) is 50.7 Å². The summed E-state index contributed by atoms with van der Waals surface area (Å²) in [7, 11) is 0. The summed E-state index contributed by atoms with van der Waals surface area (Å²) in [6.45, 7) is 0.592. The van der Waals surface area contributed by atoms with Crippen LogP contribution in [0.2, 0.25) is 0 Å². The summed E-state index contributed by atoms with van der Waals surface area (Å²) in [5.41, 5.74) is 3.34. The van der Waals surface area contributed by atoms with Gasteiger partial charge in [0.15, 0.2) is 4.34 Å². The van der Waals surface area contributed by atoms with Crippen LogP contribution in [0.3, 0.4) is 0 Å². The SMILES string of the molecule is Fc1ccc(CNc2nnc(SCc3csc(Cc4ccccc4)n3)s2)cc1. The van der Waals surface area contributed by atoms with Gasteiger partial charge in [-0.15, -0.1) is 21.5 Å². The maximum absolute atomic E-state index is 12.9. The summed E-state index contributed by atoms with van der Waals surface area (Å²) in [6, 6.07) is 16.8. The van der Waals surface area contributed by atoms with Gasteiger partial charge in [-0.3, -0.25) is 0 Å². The number of thiazole rings is 1. The minimum absolute atomic E-state index is 0.229. The highest BCUT2D eigenvalue weighted by molar-refractivity contribution is 8.00. The maximum Gasteiger partial charge on any atom is 0.206 e. The molecule has 0 bridgehead atoms. The van der Waals surface area contributed by atoms with Crippen LogP contribution >= 0.6 is 34.4 Å². The highest BCUT2D eigenvalue weighted by Crippen LogP contribution is 2.29. The zero-order valence-corrected chi connectivity index (χ0v) is 17.3. The molecule has 2 aromatic heterocycles. The second kappa shape index (κ2) is 9.27. The molecule has 0 aliphatic carbocycles. The van der Waals surface area contributed by atoms with Gasteiger partial charge in [-0.2, -0.15) is 0 Å². The molecule has 4 aromatic rings. The molecule has 0 unspecified atom stereocenters. The predicted molar refractivity (Wildman–Crippen MR) is 115 cm³/mol. The fourth-order valence-corrected chi connectivity index (χ4v) is 5.10. The van der Waals surface area contributed by atoms with E-state index in [0.29, 0.717) is 6.54 Å². The van der Waals surface area contributed by atoms with Crippen molar-refractivity contribution in [2.24, 2.45) is 0 Å². The Bertz CT molecular complexity index is 1020. The molecule has 1 N–H and O–H groups in total. The van der Waals surface area contributed by atoms with Crippen LogP contribution in [0, 0.1) is 5.82 Å². The van der Waals surface area contributed by atoms with E-state index < -0.39 is 0 Å². The number of halogens is 1. The molecular weight excluding hydrogens is 411 g/mol. The van der Waals surface area contributed by atoms with Crippen molar-refractivity contribution in [2.45, 2.75) is 23.1 Å². The Morgan fingerprint density at radius 1 is 0.964 bits per heavy atom. The molecule has 0 aliphatic rings. The summed E-state index contributed by atoms with van der Waals surface area (Å²) in [5, 5.41) is 15.6. The Morgan fingerprint density at radius 3 is 2.61 bits per heavy atom. The van der Waals surface area contributed by atoms with Crippen molar-refractivity contribution in [1.29, 1.82) is 0 Å². The first kappa shape index (κ1) is 19.0. The van der Waals surface area contributed by atoms with Gasteiger partial charge in [0.1, 0.15) is 5.82 Å².